The minimum atomic E-state index is -0.905. The van der Waals surface area contributed by atoms with Gasteiger partial charge in [0.25, 0.3) is 0 Å². The number of fused-ring (bicyclic) bond motifs is 2. The maximum absolute atomic E-state index is 11.7. The molecular formula is C18H19ClN8OS. The van der Waals surface area contributed by atoms with Gasteiger partial charge in [-0.15, -0.1) is 0 Å². The Kier molecular flexibility index (Phi) is 4.19. The van der Waals surface area contributed by atoms with Crippen molar-refractivity contribution >= 4 is 46.1 Å². The first-order valence-electron chi connectivity index (χ1n) is 9.28. The Balaban J connectivity index is 1.55. The number of amides is 1. The van der Waals surface area contributed by atoms with E-state index in [1.165, 1.54) is 18.1 Å². The topological polar surface area (TPSA) is 140 Å². The van der Waals surface area contributed by atoms with E-state index in [9.17, 15) is 4.79 Å². The van der Waals surface area contributed by atoms with Crippen LogP contribution in [0.4, 0.5) is 5.82 Å². The number of H-pyrrole nitrogens is 1. The van der Waals surface area contributed by atoms with Gasteiger partial charge in [0, 0.05) is 43.0 Å². The molecule has 4 heterocycles. The molecule has 2 atom stereocenters. The summed E-state index contributed by atoms with van der Waals surface area (Å²) in [6.45, 7) is 3.25. The van der Waals surface area contributed by atoms with Crippen molar-refractivity contribution < 1.29 is 4.79 Å². The van der Waals surface area contributed by atoms with Gasteiger partial charge in [-0.05, 0) is 18.2 Å². The summed E-state index contributed by atoms with van der Waals surface area (Å²) in [4.78, 5) is 35.5. The molecule has 1 amide bonds. The van der Waals surface area contributed by atoms with Crippen LogP contribution in [0.15, 0.2) is 28.8 Å². The van der Waals surface area contributed by atoms with Gasteiger partial charge < -0.3 is 21.4 Å². The van der Waals surface area contributed by atoms with Gasteiger partial charge in [-0.3, -0.25) is 4.79 Å². The molecule has 1 aliphatic heterocycles. The zero-order chi connectivity index (χ0) is 20.3. The molecule has 11 heteroatoms. The largest absolute Gasteiger partial charge is 0.368 e. The maximum Gasteiger partial charge on any atom is 0.238 e. The highest BCUT2D eigenvalue weighted by molar-refractivity contribution is 7.99. The average molecular weight is 431 g/mol. The van der Waals surface area contributed by atoms with Crippen molar-refractivity contribution in [2.24, 2.45) is 23.3 Å². The molecule has 2 aliphatic rings. The zero-order valence-corrected chi connectivity index (χ0v) is 17.2. The van der Waals surface area contributed by atoms with Crippen molar-refractivity contribution in [3.05, 3.63) is 29.4 Å². The van der Waals surface area contributed by atoms with Crippen molar-refractivity contribution in [3.63, 3.8) is 0 Å². The number of halogens is 1. The predicted molar refractivity (Wildman–Crippen MR) is 110 cm³/mol. The highest BCUT2D eigenvalue weighted by atomic mass is 35.5. The van der Waals surface area contributed by atoms with Crippen molar-refractivity contribution in [2.75, 3.05) is 18.0 Å². The lowest BCUT2D eigenvalue weighted by molar-refractivity contribution is -0.120. The molecule has 1 aliphatic carbocycles. The molecular weight excluding hydrogens is 412 g/mol. The quantitative estimate of drug-likeness (QED) is 0.515. The van der Waals surface area contributed by atoms with Crippen LogP contribution < -0.4 is 16.4 Å². The highest BCUT2D eigenvalue weighted by Gasteiger charge is 2.70. The Morgan fingerprint density at radius 1 is 1.34 bits per heavy atom. The predicted octanol–water partition coefficient (Wildman–Crippen LogP) is 1.36. The molecule has 2 unspecified atom stereocenters. The Labute approximate surface area is 175 Å². The molecule has 0 radical (unpaired) electrons. The molecule has 2 fully saturated rings. The number of piperidine rings is 1. The normalized spacial score (nSPS) is 25.4. The van der Waals surface area contributed by atoms with Crippen molar-refractivity contribution in [1.82, 2.24) is 24.9 Å². The van der Waals surface area contributed by atoms with E-state index in [1.807, 2.05) is 6.92 Å². The summed E-state index contributed by atoms with van der Waals surface area (Å²) in [7, 11) is 0. The molecule has 29 heavy (non-hydrogen) atoms. The third kappa shape index (κ3) is 2.77. The molecule has 0 aromatic carbocycles. The number of anilines is 1. The molecule has 1 saturated heterocycles. The standard InChI is InChI=1S/C18H19ClN8OS/c1-2-11-13(19)12-14(24-11)25-17(29-8-3-22-7-23-4-8)26-15(12)27-5-9-10(6-27)18(9,21)16(20)28/h3-4,7,9-10H,2,5-6,21H2,1H3,(H2,20,28)(H,24,25,26). The van der Waals surface area contributed by atoms with Crippen LogP contribution in [0.2, 0.25) is 5.02 Å². The zero-order valence-electron chi connectivity index (χ0n) is 15.6. The molecule has 9 nitrogen and oxygen atoms in total. The van der Waals surface area contributed by atoms with Gasteiger partial charge in [0.05, 0.1) is 15.3 Å². The van der Waals surface area contributed by atoms with Gasteiger partial charge in [0.15, 0.2) is 5.16 Å². The first-order chi connectivity index (χ1) is 13.9. The number of nitrogens with two attached hydrogens (primary N) is 2. The highest BCUT2D eigenvalue weighted by Crippen LogP contribution is 2.54. The van der Waals surface area contributed by atoms with E-state index in [0.29, 0.717) is 28.9 Å². The summed E-state index contributed by atoms with van der Waals surface area (Å²) in [5.74, 6) is 0.376. The fourth-order valence-corrected chi connectivity index (χ4v) is 5.30. The summed E-state index contributed by atoms with van der Waals surface area (Å²) in [6.07, 6.45) is 5.66. The van der Waals surface area contributed by atoms with E-state index in [4.69, 9.17) is 28.1 Å². The van der Waals surface area contributed by atoms with Crippen molar-refractivity contribution in [3.8, 4) is 0 Å². The number of carbonyl (C=O) groups is 1. The molecule has 150 valence electrons. The van der Waals surface area contributed by atoms with E-state index < -0.39 is 11.4 Å². The van der Waals surface area contributed by atoms with Crippen LogP contribution in [0.3, 0.4) is 0 Å². The number of rotatable bonds is 5. The van der Waals surface area contributed by atoms with Gasteiger partial charge in [-0.1, -0.05) is 18.5 Å². The minimum Gasteiger partial charge on any atom is -0.368 e. The fraction of sp³-hybridized carbons (Fsp3) is 0.389. The second-order valence-corrected chi connectivity index (χ2v) is 8.83. The number of primary amides is 1. The van der Waals surface area contributed by atoms with Crippen molar-refractivity contribution in [2.45, 2.75) is 28.9 Å². The maximum atomic E-state index is 11.7. The first-order valence-corrected chi connectivity index (χ1v) is 10.5. The number of aryl methyl sites for hydroxylation is 1. The summed E-state index contributed by atoms with van der Waals surface area (Å²) in [5, 5.41) is 1.99. The van der Waals surface area contributed by atoms with Crippen LogP contribution in [-0.2, 0) is 11.2 Å². The number of aromatic amines is 1. The van der Waals surface area contributed by atoms with Crippen LogP contribution in [-0.4, -0.2) is 49.5 Å². The number of hydrogen-bond acceptors (Lipinski definition) is 8. The van der Waals surface area contributed by atoms with Crippen LogP contribution >= 0.6 is 23.4 Å². The number of nitrogens with one attached hydrogen (secondary N) is 1. The molecule has 5 N–H and O–H groups in total. The summed E-state index contributed by atoms with van der Waals surface area (Å²) >= 11 is 8.02. The van der Waals surface area contributed by atoms with Crippen molar-refractivity contribution in [1.29, 1.82) is 0 Å². The fourth-order valence-electron chi connectivity index (χ4n) is 4.24. The second kappa shape index (κ2) is 6.54. The lowest BCUT2D eigenvalue weighted by Crippen LogP contribution is -2.47. The number of hydrogen-bond donors (Lipinski definition) is 3. The van der Waals surface area contributed by atoms with Gasteiger partial charge >= 0.3 is 0 Å². The van der Waals surface area contributed by atoms with E-state index >= 15 is 0 Å². The summed E-state index contributed by atoms with van der Waals surface area (Å²) < 4.78 is 0. The molecule has 3 aromatic heterocycles. The number of aromatic nitrogens is 5. The van der Waals surface area contributed by atoms with Crippen LogP contribution in [0.25, 0.3) is 11.0 Å². The van der Waals surface area contributed by atoms with Gasteiger partial charge in [0.1, 0.15) is 23.3 Å². The monoisotopic (exact) mass is 430 g/mol. The summed E-state index contributed by atoms with van der Waals surface area (Å²) in [5.41, 5.74) is 12.4. The number of carbonyl (C=O) groups excluding carboxylic acids is 1. The Morgan fingerprint density at radius 3 is 2.66 bits per heavy atom. The summed E-state index contributed by atoms with van der Waals surface area (Å²) in [6, 6.07) is 0. The van der Waals surface area contributed by atoms with E-state index in [2.05, 4.69) is 24.8 Å². The molecule has 1 saturated carbocycles. The van der Waals surface area contributed by atoms with E-state index in [1.54, 1.807) is 12.4 Å². The van der Waals surface area contributed by atoms with Gasteiger partial charge in [0.2, 0.25) is 5.91 Å². The van der Waals surface area contributed by atoms with Gasteiger partial charge in [-0.25, -0.2) is 19.9 Å². The smallest absolute Gasteiger partial charge is 0.238 e. The molecule has 5 rings (SSSR count). The molecule has 0 bridgehead atoms. The van der Waals surface area contributed by atoms with Gasteiger partial charge in [-0.2, -0.15) is 0 Å². The van der Waals surface area contributed by atoms with Crippen LogP contribution in [0, 0.1) is 11.8 Å². The lowest BCUT2D eigenvalue weighted by Gasteiger charge is -2.24. The average Bonchev–Trinajstić information content (AvgIpc) is 3.04. The SMILES string of the molecule is CCc1[nH]c2nc(Sc3cncnc3)nc(N3CC4C(C3)C4(N)C(N)=O)c2c1Cl. The third-order valence-electron chi connectivity index (χ3n) is 5.89. The Morgan fingerprint density at radius 2 is 2.03 bits per heavy atom. The van der Waals surface area contributed by atoms with Crippen LogP contribution in [0.5, 0.6) is 0 Å². The van der Waals surface area contributed by atoms with E-state index in [0.717, 1.165) is 28.2 Å². The minimum absolute atomic E-state index is 0.0343. The first kappa shape index (κ1) is 18.6. The third-order valence-corrected chi connectivity index (χ3v) is 7.12. The Bertz CT molecular complexity index is 1110. The van der Waals surface area contributed by atoms with E-state index in [-0.39, 0.29) is 11.8 Å². The molecule has 3 aromatic rings. The Hall–Kier alpha value is -2.43. The molecule has 0 spiro atoms. The lowest BCUT2D eigenvalue weighted by atomic mass is 10.1. The number of nitrogens with zero attached hydrogens (tertiary/aromatic N) is 5. The second-order valence-electron chi connectivity index (χ2n) is 7.42. The van der Waals surface area contributed by atoms with Crippen LogP contribution in [0.1, 0.15) is 12.6 Å².